The van der Waals surface area contributed by atoms with E-state index in [2.05, 4.69) is 33.0 Å². The number of rotatable bonds is 6. The predicted octanol–water partition coefficient (Wildman–Crippen LogP) is 1.94. The maximum absolute atomic E-state index is 12.3. The Hall–Kier alpha value is -1.96. The number of carbonyl (C=O) groups excluding carboxylic acids is 2. The van der Waals surface area contributed by atoms with Gasteiger partial charge in [-0.15, -0.1) is 0 Å². The maximum atomic E-state index is 12.3. The van der Waals surface area contributed by atoms with Crippen LogP contribution in [0.3, 0.4) is 0 Å². The third-order valence-corrected chi connectivity index (χ3v) is 5.82. The molecular formula is C20H33N5O3. The van der Waals surface area contributed by atoms with Crippen LogP contribution in [-0.4, -0.2) is 40.6 Å². The van der Waals surface area contributed by atoms with E-state index in [1.165, 1.54) is 6.92 Å². The maximum Gasteiger partial charge on any atom is 0.227 e. The lowest BCUT2D eigenvalue weighted by Crippen LogP contribution is -2.46. The molecule has 2 atom stereocenters. The number of hydrogen-bond donors (Lipinski definition) is 3. The quantitative estimate of drug-likeness (QED) is 0.640. The zero-order valence-corrected chi connectivity index (χ0v) is 17.1. The number of amides is 2. The van der Waals surface area contributed by atoms with Crippen molar-refractivity contribution in [1.82, 2.24) is 26.1 Å². The fourth-order valence-electron chi connectivity index (χ4n) is 4.41. The zero-order chi connectivity index (χ0) is 20.0. The number of nitrogens with one attached hydrogen (secondary N) is 3. The van der Waals surface area contributed by atoms with Crippen LogP contribution in [0.1, 0.15) is 83.3 Å². The number of hydrogen-bond acceptors (Lipinski definition) is 6. The van der Waals surface area contributed by atoms with Crippen molar-refractivity contribution in [3.8, 4) is 0 Å². The van der Waals surface area contributed by atoms with Crippen molar-refractivity contribution in [2.75, 3.05) is 6.54 Å². The van der Waals surface area contributed by atoms with Gasteiger partial charge in [0.05, 0.1) is 0 Å². The van der Waals surface area contributed by atoms with E-state index in [9.17, 15) is 9.59 Å². The number of carbonyl (C=O) groups is 2. The molecule has 2 fully saturated rings. The molecule has 2 amide bonds. The molecule has 2 aliphatic rings. The first-order valence-electron chi connectivity index (χ1n) is 10.6. The molecule has 0 spiro atoms. The first-order chi connectivity index (χ1) is 13.5. The van der Waals surface area contributed by atoms with Crippen LogP contribution in [0.4, 0.5) is 0 Å². The molecule has 1 aliphatic carbocycles. The third kappa shape index (κ3) is 5.53. The highest BCUT2D eigenvalue weighted by Gasteiger charge is 2.38. The van der Waals surface area contributed by atoms with E-state index in [1.807, 2.05) is 0 Å². The van der Waals surface area contributed by atoms with Crippen molar-refractivity contribution in [1.29, 1.82) is 0 Å². The topological polar surface area (TPSA) is 109 Å². The second kappa shape index (κ2) is 9.49. The lowest BCUT2D eigenvalue weighted by atomic mass is 9.89. The Morgan fingerprint density at radius 3 is 2.68 bits per heavy atom. The molecule has 2 unspecified atom stereocenters. The van der Waals surface area contributed by atoms with E-state index >= 15 is 0 Å². The molecule has 1 saturated carbocycles. The molecule has 28 heavy (non-hydrogen) atoms. The van der Waals surface area contributed by atoms with E-state index in [0.29, 0.717) is 30.6 Å². The molecule has 0 radical (unpaired) electrons. The smallest absolute Gasteiger partial charge is 0.227 e. The molecule has 1 saturated heterocycles. The normalized spacial score (nSPS) is 24.9. The molecule has 1 aliphatic heterocycles. The van der Waals surface area contributed by atoms with Gasteiger partial charge in [0.15, 0.2) is 5.82 Å². The van der Waals surface area contributed by atoms with E-state index in [4.69, 9.17) is 4.52 Å². The van der Waals surface area contributed by atoms with Gasteiger partial charge in [0.2, 0.25) is 17.7 Å². The van der Waals surface area contributed by atoms with E-state index in [0.717, 1.165) is 57.9 Å². The fourth-order valence-corrected chi connectivity index (χ4v) is 4.41. The van der Waals surface area contributed by atoms with Gasteiger partial charge >= 0.3 is 0 Å². The molecule has 3 rings (SSSR count). The molecule has 0 aromatic carbocycles. The highest BCUT2D eigenvalue weighted by atomic mass is 16.5. The standard InChI is InChI=1S/C20H33N5O3/c1-14-13-16(9-12-21-14)22-17(27)7-8-18-23-19(25-28-18)20(24-15(2)26)10-5-3-4-6-11-20/h14,16,21H,3-13H2,1-2H3,(H,22,27)(H,24,26). The molecule has 156 valence electrons. The van der Waals surface area contributed by atoms with Gasteiger partial charge in [0.25, 0.3) is 0 Å². The summed E-state index contributed by atoms with van der Waals surface area (Å²) in [7, 11) is 0. The molecular weight excluding hydrogens is 358 g/mol. The average molecular weight is 392 g/mol. The van der Waals surface area contributed by atoms with Gasteiger partial charge < -0.3 is 20.5 Å². The largest absolute Gasteiger partial charge is 0.353 e. The van der Waals surface area contributed by atoms with Gasteiger partial charge in [0.1, 0.15) is 5.54 Å². The second-order valence-electron chi connectivity index (χ2n) is 8.33. The van der Waals surface area contributed by atoms with Crippen LogP contribution in [0.25, 0.3) is 0 Å². The van der Waals surface area contributed by atoms with Gasteiger partial charge in [-0.25, -0.2) is 0 Å². The van der Waals surface area contributed by atoms with Crippen LogP contribution in [0, 0.1) is 0 Å². The van der Waals surface area contributed by atoms with E-state index in [1.54, 1.807) is 0 Å². The van der Waals surface area contributed by atoms with Gasteiger partial charge in [-0.3, -0.25) is 9.59 Å². The van der Waals surface area contributed by atoms with Crippen LogP contribution >= 0.6 is 0 Å². The van der Waals surface area contributed by atoms with Crippen LogP contribution < -0.4 is 16.0 Å². The first-order valence-corrected chi connectivity index (χ1v) is 10.6. The number of aryl methyl sites for hydroxylation is 1. The first kappa shape index (κ1) is 20.8. The summed E-state index contributed by atoms with van der Waals surface area (Å²) in [4.78, 5) is 28.6. The van der Waals surface area contributed by atoms with Gasteiger partial charge in [-0.1, -0.05) is 30.8 Å². The third-order valence-electron chi connectivity index (χ3n) is 5.82. The van der Waals surface area contributed by atoms with Gasteiger partial charge in [-0.2, -0.15) is 4.98 Å². The molecule has 1 aromatic rings. The van der Waals surface area contributed by atoms with Crippen molar-refractivity contribution < 1.29 is 14.1 Å². The van der Waals surface area contributed by atoms with E-state index in [-0.39, 0.29) is 17.9 Å². The minimum atomic E-state index is -0.544. The lowest BCUT2D eigenvalue weighted by molar-refractivity contribution is -0.122. The average Bonchev–Trinajstić information content (AvgIpc) is 3.00. The lowest BCUT2D eigenvalue weighted by Gasteiger charge is -2.30. The van der Waals surface area contributed by atoms with Crippen molar-refractivity contribution in [2.24, 2.45) is 0 Å². The monoisotopic (exact) mass is 391 g/mol. The van der Waals surface area contributed by atoms with Crippen molar-refractivity contribution in [2.45, 2.75) is 95.7 Å². The van der Waals surface area contributed by atoms with E-state index < -0.39 is 5.54 Å². The van der Waals surface area contributed by atoms with Crippen molar-refractivity contribution in [3.05, 3.63) is 11.7 Å². The zero-order valence-electron chi connectivity index (χ0n) is 17.1. The van der Waals surface area contributed by atoms with Crippen LogP contribution in [0.5, 0.6) is 0 Å². The Bertz CT molecular complexity index is 667. The summed E-state index contributed by atoms with van der Waals surface area (Å²) in [5.41, 5.74) is -0.544. The summed E-state index contributed by atoms with van der Waals surface area (Å²) in [6, 6.07) is 0.665. The molecule has 1 aromatic heterocycles. The predicted molar refractivity (Wildman–Crippen MR) is 104 cm³/mol. The van der Waals surface area contributed by atoms with Crippen LogP contribution in [0.15, 0.2) is 4.52 Å². The second-order valence-corrected chi connectivity index (χ2v) is 8.33. The van der Waals surface area contributed by atoms with Crippen molar-refractivity contribution in [3.63, 3.8) is 0 Å². The highest BCUT2D eigenvalue weighted by Crippen LogP contribution is 2.34. The summed E-state index contributed by atoms with van der Waals surface area (Å²) in [5.74, 6) is 0.943. The number of piperidine rings is 1. The molecule has 8 heteroatoms. The fraction of sp³-hybridized carbons (Fsp3) is 0.800. The minimum Gasteiger partial charge on any atom is -0.353 e. The Morgan fingerprint density at radius 1 is 1.25 bits per heavy atom. The highest BCUT2D eigenvalue weighted by molar-refractivity contribution is 5.76. The summed E-state index contributed by atoms with van der Waals surface area (Å²) in [5, 5.41) is 13.7. The van der Waals surface area contributed by atoms with Crippen LogP contribution in [-0.2, 0) is 21.5 Å². The SMILES string of the molecule is CC(=O)NC1(c2noc(CCC(=O)NC3CCNC(C)C3)n2)CCCCCC1. The molecule has 3 N–H and O–H groups in total. The van der Waals surface area contributed by atoms with Gasteiger partial charge in [0, 0.05) is 31.8 Å². The minimum absolute atomic E-state index is 0.0184. The summed E-state index contributed by atoms with van der Waals surface area (Å²) >= 11 is 0. The van der Waals surface area contributed by atoms with Gasteiger partial charge in [-0.05, 0) is 39.2 Å². The summed E-state index contributed by atoms with van der Waals surface area (Å²) < 4.78 is 5.42. The van der Waals surface area contributed by atoms with Crippen LogP contribution in [0.2, 0.25) is 0 Å². The Morgan fingerprint density at radius 2 is 2.00 bits per heavy atom. The Balaban J connectivity index is 1.57. The summed E-state index contributed by atoms with van der Waals surface area (Å²) in [6.45, 7) is 4.60. The molecule has 0 bridgehead atoms. The molecule has 2 heterocycles. The number of aromatic nitrogens is 2. The Labute approximate surface area is 166 Å². The molecule has 8 nitrogen and oxygen atoms in total. The summed E-state index contributed by atoms with van der Waals surface area (Å²) in [6.07, 6.45) is 8.66. The van der Waals surface area contributed by atoms with Crippen molar-refractivity contribution >= 4 is 11.8 Å². The Kier molecular flexibility index (Phi) is 7.04. The number of nitrogens with zero attached hydrogens (tertiary/aromatic N) is 2.